The van der Waals surface area contributed by atoms with Crippen molar-refractivity contribution in [3.05, 3.63) is 23.8 Å². The third kappa shape index (κ3) is 4.13. The number of rotatable bonds is 5. The van der Waals surface area contributed by atoms with Gasteiger partial charge in [0, 0.05) is 0 Å². The zero-order valence-corrected chi connectivity index (χ0v) is 10.7. The third-order valence-corrected chi connectivity index (χ3v) is 2.84. The van der Waals surface area contributed by atoms with Gasteiger partial charge in [-0.05, 0) is 36.7 Å². The molecule has 0 aliphatic rings. The molecule has 0 aromatic carbocycles. The number of hydrogen-bond acceptors (Lipinski definition) is 0. The molecule has 0 heteroatoms. The first-order chi connectivity index (χ1) is 6.40. The summed E-state index contributed by atoms with van der Waals surface area (Å²) in [6, 6.07) is 0. The van der Waals surface area contributed by atoms with Crippen molar-refractivity contribution < 1.29 is 0 Å². The van der Waals surface area contributed by atoms with E-state index in [1.807, 2.05) is 0 Å². The van der Waals surface area contributed by atoms with E-state index in [0.29, 0.717) is 11.8 Å². The molecule has 0 fully saturated rings. The molecule has 0 aromatic heterocycles. The lowest BCUT2D eigenvalue weighted by Gasteiger charge is -2.19. The van der Waals surface area contributed by atoms with Gasteiger partial charge in [-0.2, -0.15) is 0 Å². The van der Waals surface area contributed by atoms with Crippen LogP contribution in [0.3, 0.4) is 0 Å². The van der Waals surface area contributed by atoms with E-state index in [1.165, 1.54) is 17.6 Å². The topological polar surface area (TPSA) is 0 Å². The molecule has 1 atom stereocenters. The van der Waals surface area contributed by atoms with E-state index in [0.717, 1.165) is 5.92 Å². The Bertz CT molecular complexity index is 206. The monoisotopic (exact) mass is 194 g/mol. The molecular weight excluding hydrogens is 168 g/mol. The maximum Gasteiger partial charge on any atom is -0.0207 e. The van der Waals surface area contributed by atoms with Crippen LogP contribution in [0.4, 0.5) is 0 Å². The van der Waals surface area contributed by atoms with Crippen LogP contribution in [0, 0.1) is 17.8 Å². The van der Waals surface area contributed by atoms with Crippen LogP contribution in [0.2, 0.25) is 0 Å². The molecule has 0 saturated heterocycles. The fourth-order valence-electron chi connectivity index (χ4n) is 1.84. The Morgan fingerprint density at radius 3 is 1.93 bits per heavy atom. The Kier molecular flexibility index (Phi) is 5.83. The normalized spacial score (nSPS) is 15.0. The molecule has 0 bridgehead atoms. The maximum atomic E-state index is 4.06. The Hall–Kier alpha value is -0.520. The van der Waals surface area contributed by atoms with Crippen LogP contribution in [0.1, 0.15) is 48.0 Å². The van der Waals surface area contributed by atoms with Gasteiger partial charge in [0.25, 0.3) is 0 Å². The van der Waals surface area contributed by atoms with Gasteiger partial charge in [-0.15, -0.1) is 0 Å². The summed E-state index contributed by atoms with van der Waals surface area (Å²) in [7, 11) is 0. The summed E-state index contributed by atoms with van der Waals surface area (Å²) in [5.41, 5.74) is 2.66. The molecule has 0 rings (SSSR count). The largest absolute Gasteiger partial charge is 0.0958 e. The second-order valence-electron chi connectivity index (χ2n) is 4.87. The molecule has 0 aromatic rings. The summed E-state index contributed by atoms with van der Waals surface area (Å²) in [6.45, 7) is 17.5. The average molecular weight is 194 g/mol. The lowest BCUT2D eigenvalue weighted by atomic mass is 9.86. The highest BCUT2D eigenvalue weighted by molar-refractivity contribution is 5.28. The Morgan fingerprint density at radius 1 is 1.21 bits per heavy atom. The summed E-state index contributed by atoms with van der Waals surface area (Å²) in [5, 5.41) is 0. The van der Waals surface area contributed by atoms with E-state index in [1.54, 1.807) is 0 Å². The third-order valence-electron chi connectivity index (χ3n) is 2.84. The van der Waals surface area contributed by atoms with Crippen molar-refractivity contribution in [2.45, 2.75) is 48.0 Å². The van der Waals surface area contributed by atoms with Gasteiger partial charge in [-0.25, -0.2) is 0 Å². The van der Waals surface area contributed by atoms with E-state index >= 15 is 0 Å². The second-order valence-corrected chi connectivity index (χ2v) is 4.87. The van der Waals surface area contributed by atoms with Crippen LogP contribution in [0.15, 0.2) is 23.8 Å². The van der Waals surface area contributed by atoms with E-state index in [4.69, 9.17) is 0 Å². The zero-order chi connectivity index (χ0) is 11.3. The molecule has 1 unspecified atom stereocenters. The fraction of sp³-hybridized carbons (Fsp3) is 0.714. The van der Waals surface area contributed by atoms with Crippen molar-refractivity contribution in [1.82, 2.24) is 0 Å². The summed E-state index contributed by atoms with van der Waals surface area (Å²) in [6.07, 6.45) is 3.65. The van der Waals surface area contributed by atoms with Gasteiger partial charge < -0.3 is 0 Å². The van der Waals surface area contributed by atoms with Crippen LogP contribution >= 0.6 is 0 Å². The van der Waals surface area contributed by atoms with Gasteiger partial charge in [0.05, 0.1) is 0 Å². The van der Waals surface area contributed by atoms with E-state index in [-0.39, 0.29) is 0 Å². The van der Waals surface area contributed by atoms with Crippen LogP contribution in [0.25, 0.3) is 0 Å². The standard InChI is InChI=1S/C14H26/c1-8-13(10(2)3)9-14(11(4)5)12(6)7/h9-10,12-13H,4,8H2,1-3,5-7H3/b14-9+. The average Bonchev–Trinajstić information content (AvgIpc) is 2.03. The smallest absolute Gasteiger partial charge is 0.0207 e. The zero-order valence-electron chi connectivity index (χ0n) is 10.7. The van der Waals surface area contributed by atoms with Gasteiger partial charge >= 0.3 is 0 Å². The predicted molar refractivity (Wildman–Crippen MR) is 66.4 cm³/mol. The van der Waals surface area contributed by atoms with Crippen LogP contribution < -0.4 is 0 Å². The number of hydrogen-bond donors (Lipinski definition) is 0. The van der Waals surface area contributed by atoms with Crippen LogP contribution in [0.5, 0.6) is 0 Å². The van der Waals surface area contributed by atoms with Crippen molar-refractivity contribution >= 4 is 0 Å². The molecule has 0 N–H and O–H groups in total. The van der Waals surface area contributed by atoms with Gasteiger partial charge in [-0.1, -0.05) is 52.8 Å². The minimum absolute atomic E-state index is 0.597. The van der Waals surface area contributed by atoms with Gasteiger partial charge in [0.2, 0.25) is 0 Å². The minimum Gasteiger partial charge on any atom is -0.0958 e. The molecule has 0 saturated carbocycles. The van der Waals surface area contributed by atoms with Crippen molar-refractivity contribution in [1.29, 1.82) is 0 Å². The van der Waals surface area contributed by atoms with Crippen molar-refractivity contribution in [3.8, 4) is 0 Å². The second kappa shape index (κ2) is 6.06. The van der Waals surface area contributed by atoms with E-state index < -0.39 is 0 Å². The van der Waals surface area contributed by atoms with Gasteiger partial charge in [-0.3, -0.25) is 0 Å². The first-order valence-corrected chi connectivity index (χ1v) is 5.77. The van der Waals surface area contributed by atoms with Crippen LogP contribution in [-0.4, -0.2) is 0 Å². The summed E-state index contributed by atoms with van der Waals surface area (Å²) >= 11 is 0. The Labute approximate surface area is 90.1 Å². The Morgan fingerprint density at radius 2 is 1.71 bits per heavy atom. The lowest BCUT2D eigenvalue weighted by Crippen LogP contribution is -2.07. The van der Waals surface area contributed by atoms with Crippen LogP contribution in [-0.2, 0) is 0 Å². The molecule has 14 heavy (non-hydrogen) atoms. The maximum absolute atomic E-state index is 4.06. The van der Waals surface area contributed by atoms with Gasteiger partial charge in [0.1, 0.15) is 0 Å². The fourth-order valence-corrected chi connectivity index (χ4v) is 1.84. The molecule has 82 valence electrons. The Balaban J connectivity index is 4.78. The van der Waals surface area contributed by atoms with E-state index in [9.17, 15) is 0 Å². The number of allylic oxidation sites excluding steroid dienone is 3. The molecule has 0 radical (unpaired) electrons. The SMILES string of the molecule is C=C(C)/C(=C\C(CC)C(C)C)C(C)C. The molecule has 0 heterocycles. The van der Waals surface area contributed by atoms with Crippen molar-refractivity contribution in [2.24, 2.45) is 17.8 Å². The minimum atomic E-state index is 0.597. The van der Waals surface area contributed by atoms with E-state index in [2.05, 4.69) is 54.2 Å². The highest BCUT2D eigenvalue weighted by Crippen LogP contribution is 2.24. The molecular formula is C14H26. The molecule has 0 aliphatic carbocycles. The first kappa shape index (κ1) is 13.5. The van der Waals surface area contributed by atoms with Gasteiger partial charge in [0.15, 0.2) is 0 Å². The quantitative estimate of drug-likeness (QED) is 0.550. The highest BCUT2D eigenvalue weighted by atomic mass is 14.2. The highest BCUT2D eigenvalue weighted by Gasteiger charge is 2.11. The summed E-state index contributed by atoms with van der Waals surface area (Å²) < 4.78 is 0. The lowest BCUT2D eigenvalue weighted by molar-refractivity contribution is 0.448. The molecule has 0 nitrogen and oxygen atoms in total. The molecule has 0 amide bonds. The molecule has 0 spiro atoms. The molecule has 0 aliphatic heterocycles. The predicted octanol–water partition coefficient (Wildman–Crippen LogP) is 4.83. The summed E-state index contributed by atoms with van der Waals surface area (Å²) in [4.78, 5) is 0. The van der Waals surface area contributed by atoms with Crippen molar-refractivity contribution in [3.63, 3.8) is 0 Å². The first-order valence-electron chi connectivity index (χ1n) is 5.77. The summed E-state index contributed by atoms with van der Waals surface area (Å²) in [5.74, 6) is 2.03. The van der Waals surface area contributed by atoms with Crippen molar-refractivity contribution in [2.75, 3.05) is 0 Å².